The second-order valence-corrected chi connectivity index (χ2v) is 4.70. The molecule has 0 bridgehead atoms. The number of hydrogen-bond acceptors (Lipinski definition) is 3. The van der Waals surface area contributed by atoms with Crippen LogP contribution in [0.2, 0.25) is 0 Å². The largest absolute Gasteiger partial charge is 0.457 e. The maximum atomic E-state index is 11.7. The third-order valence-electron chi connectivity index (χ3n) is 3.21. The summed E-state index contributed by atoms with van der Waals surface area (Å²) in [6, 6.07) is 18.3. The molecule has 0 atom stereocenters. The summed E-state index contributed by atoms with van der Waals surface area (Å²) in [5.41, 5.74) is 7.33. The molecule has 108 valence electrons. The Bertz CT molecular complexity index is 787. The Hall–Kier alpha value is -3.14. The summed E-state index contributed by atoms with van der Waals surface area (Å²) in [5, 5.41) is 0. The number of carbonyl (C=O) groups excluding carboxylic acids is 1. The van der Waals surface area contributed by atoms with Gasteiger partial charge in [-0.05, 0) is 30.3 Å². The number of rotatable bonds is 4. The first-order valence-electron chi connectivity index (χ1n) is 6.82. The number of benzene rings is 2. The zero-order chi connectivity index (χ0) is 15.4. The van der Waals surface area contributed by atoms with Crippen molar-refractivity contribution in [1.82, 2.24) is 4.98 Å². The second-order valence-electron chi connectivity index (χ2n) is 4.70. The van der Waals surface area contributed by atoms with E-state index < -0.39 is 5.91 Å². The Labute approximate surface area is 128 Å². The lowest BCUT2D eigenvalue weighted by Gasteiger charge is -2.14. The van der Waals surface area contributed by atoms with E-state index in [0.717, 1.165) is 5.56 Å². The van der Waals surface area contributed by atoms with E-state index in [4.69, 9.17) is 10.5 Å². The summed E-state index contributed by atoms with van der Waals surface area (Å²) < 4.78 is 5.92. The predicted molar refractivity (Wildman–Crippen MR) is 84.7 cm³/mol. The minimum Gasteiger partial charge on any atom is -0.457 e. The first-order valence-corrected chi connectivity index (χ1v) is 6.82. The van der Waals surface area contributed by atoms with Crippen molar-refractivity contribution in [1.29, 1.82) is 0 Å². The number of pyridine rings is 1. The lowest BCUT2D eigenvalue weighted by molar-refractivity contribution is 0.100. The normalized spacial score (nSPS) is 10.2. The Morgan fingerprint density at radius 1 is 0.955 bits per heavy atom. The lowest BCUT2D eigenvalue weighted by atomic mass is 9.99. The molecule has 0 aliphatic heterocycles. The van der Waals surface area contributed by atoms with Gasteiger partial charge in [0.05, 0.1) is 5.56 Å². The topological polar surface area (TPSA) is 65.2 Å². The van der Waals surface area contributed by atoms with Crippen LogP contribution in [0.4, 0.5) is 0 Å². The highest BCUT2D eigenvalue weighted by atomic mass is 16.5. The van der Waals surface area contributed by atoms with E-state index >= 15 is 0 Å². The van der Waals surface area contributed by atoms with Crippen molar-refractivity contribution in [3.05, 3.63) is 78.6 Å². The number of primary amides is 1. The smallest absolute Gasteiger partial charge is 0.249 e. The molecular formula is C18H14N2O2. The maximum absolute atomic E-state index is 11.7. The predicted octanol–water partition coefficient (Wildman–Crippen LogP) is 3.64. The fourth-order valence-electron chi connectivity index (χ4n) is 2.25. The van der Waals surface area contributed by atoms with Gasteiger partial charge >= 0.3 is 0 Å². The van der Waals surface area contributed by atoms with Gasteiger partial charge in [0.15, 0.2) is 0 Å². The second kappa shape index (κ2) is 6.10. The molecule has 0 radical (unpaired) electrons. The quantitative estimate of drug-likeness (QED) is 0.797. The monoisotopic (exact) mass is 290 g/mol. The fraction of sp³-hybridized carbons (Fsp3) is 0. The summed E-state index contributed by atoms with van der Waals surface area (Å²) in [6.07, 6.45) is 3.35. The van der Waals surface area contributed by atoms with Crippen LogP contribution in [0.3, 0.4) is 0 Å². The lowest BCUT2D eigenvalue weighted by Crippen LogP contribution is -2.12. The van der Waals surface area contributed by atoms with Crippen LogP contribution >= 0.6 is 0 Å². The van der Waals surface area contributed by atoms with Crippen molar-refractivity contribution in [2.24, 2.45) is 5.73 Å². The molecule has 0 saturated carbocycles. The molecule has 3 rings (SSSR count). The summed E-state index contributed by atoms with van der Waals surface area (Å²) >= 11 is 0. The number of hydrogen-bond donors (Lipinski definition) is 1. The molecule has 1 heterocycles. The third kappa shape index (κ3) is 2.81. The first-order chi connectivity index (χ1) is 10.8. The molecule has 4 heteroatoms. The molecular weight excluding hydrogens is 276 g/mol. The highest BCUT2D eigenvalue weighted by Gasteiger charge is 2.16. The van der Waals surface area contributed by atoms with Crippen molar-refractivity contribution in [2.45, 2.75) is 0 Å². The van der Waals surface area contributed by atoms with Gasteiger partial charge in [0.2, 0.25) is 5.91 Å². The molecule has 22 heavy (non-hydrogen) atoms. The summed E-state index contributed by atoms with van der Waals surface area (Å²) in [4.78, 5) is 15.8. The average Bonchev–Trinajstić information content (AvgIpc) is 2.56. The highest BCUT2D eigenvalue weighted by Crippen LogP contribution is 2.35. The molecule has 0 unspecified atom stereocenters. The van der Waals surface area contributed by atoms with Gasteiger partial charge in [0.25, 0.3) is 0 Å². The van der Waals surface area contributed by atoms with Crippen molar-refractivity contribution >= 4 is 5.91 Å². The van der Waals surface area contributed by atoms with E-state index in [1.54, 1.807) is 30.6 Å². The van der Waals surface area contributed by atoms with Crippen LogP contribution in [0, 0.1) is 0 Å². The van der Waals surface area contributed by atoms with Gasteiger partial charge in [-0.15, -0.1) is 0 Å². The standard InChI is InChI=1S/C18H14N2O2/c19-18(21)15-9-4-10-16(22-14-7-2-1-3-8-14)17(15)13-6-5-11-20-12-13/h1-12H,(H2,19,21). The number of amides is 1. The molecule has 3 aromatic rings. The fourth-order valence-corrected chi connectivity index (χ4v) is 2.25. The van der Waals surface area contributed by atoms with E-state index in [1.807, 2.05) is 42.5 Å². The highest BCUT2D eigenvalue weighted by molar-refractivity contribution is 6.01. The molecule has 2 N–H and O–H groups in total. The van der Waals surface area contributed by atoms with Crippen molar-refractivity contribution in [2.75, 3.05) is 0 Å². The van der Waals surface area contributed by atoms with Crippen LogP contribution in [0.25, 0.3) is 11.1 Å². The number of nitrogens with two attached hydrogens (primary N) is 1. The van der Waals surface area contributed by atoms with Gasteiger partial charge in [-0.2, -0.15) is 0 Å². The molecule has 4 nitrogen and oxygen atoms in total. The molecule has 0 aliphatic carbocycles. The van der Waals surface area contributed by atoms with Crippen molar-refractivity contribution in [3.63, 3.8) is 0 Å². The van der Waals surface area contributed by atoms with Crippen molar-refractivity contribution < 1.29 is 9.53 Å². The number of nitrogens with zero attached hydrogens (tertiary/aromatic N) is 1. The zero-order valence-corrected chi connectivity index (χ0v) is 11.8. The Morgan fingerprint density at radius 3 is 2.45 bits per heavy atom. The summed E-state index contributed by atoms with van der Waals surface area (Å²) in [7, 11) is 0. The molecule has 1 aromatic heterocycles. The van der Waals surface area contributed by atoms with Crippen LogP contribution < -0.4 is 10.5 Å². The van der Waals surface area contributed by atoms with Gasteiger partial charge in [-0.3, -0.25) is 9.78 Å². The van der Waals surface area contributed by atoms with Gasteiger partial charge in [-0.1, -0.05) is 30.3 Å². The minimum atomic E-state index is -0.502. The van der Waals surface area contributed by atoms with Gasteiger partial charge in [-0.25, -0.2) is 0 Å². The zero-order valence-electron chi connectivity index (χ0n) is 11.8. The van der Waals surface area contributed by atoms with Crippen LogP contribution in [-0.2, 0) is 0 Å². The molecule has 0 aliphatic rings. The van der Waals surface area contributed by atoms with Crippen LogP contribution in [-0.4, -0.2) is 10.9 Å². The minimum absolute atomic E-state index is 0.404. The SMILES string of the molecule is NC(=O)c1cccc(Oc2ccccc2)c1-c1cccnc1. The van der Waals surface area contributed by atoms with E-state index in [9.17, 15) is 4.79 Å². The molecule has 0 fully saturated rings. The number of ether oxygens (including phenoxy) is 1. The molecule has 1 amide bonds. The van der Waals surface area contributed by atoms with Crippen LogP contribution in [0.15, 0.2) is 73.1 Å². The van der Waals surface area contributed by atoms with E-state index in [0.29, 0.717) is 22.6 Å². The summed E-state index contributed by atoms with van der Waals surface area (Å²) in [5.74, 6) is 0.752. The van der Waals surface area contributed by atoms with Gasteiger partial charge in [0, 0.05) is 23.5 Å². The summed E-state index contributed by atoms with van der Waals surface area (Å²) in [6.45, 7) is 0. The number of carbonyl (C=O) groups is 1. The molecule has 0 spiro atoms. The van der Waals surface area contributed by atoms with E-state index in [-0.39, 0.29) is 0 Å². The maximum Gasteiger partial charge on any atom is 0.249 e. The Balaban J connectivity index is 2.14. The Kier molecular flexibility index (Phi) is 3.83. The average molecular weight is 290 g/mol. The Morgan fingerprint density at radius 2 is 1.77 bits per heavy atom. The molecule has 0 saturated heterocycles. The van der Waals surface area contributed by atoms with Gasteiger partial charge in [0.1, 0.15) is 11.5 Å². The number of aromatic nitrogens is 1. The third-order valence-corrected chi connectivity index (χ3v) is 3.21. The number of para-hydroxylation sites is 1. The van der Waals surface area contributed by atoms with E-state index in [2.05, 4.69) is 4.98 Å². The van der Waals surface area contributed by atoms with Gasteiger partial charge < -0.3 is 10.5 Å². The van der Waals surface area contributed by atoms with Crippen molar-refractivity contribution in [3.8, 4) is 22.6 Å². The molecule has 2 aromatic carbocycles. The van der Waals surface area contributed by atoms with Crippen LogP contribution in [0.5, 0.6) is 11.5 Å². The first kappa shape index (κ1) is 13.8. The van der Waals surface area contributed by atoms with Crippen LogP contribution in [0.1, 0.15) is 10.4 Å². The van der Waals surface area contributed by atoms with E-state index in [1.165, 1.54) is 0 Å².